The molecule has 2 unspecified atom stereocenters. The van der Waals surface area contributed by atoms with Crippen LogP contribution in [0.2, 0.25) is 5.02 Å². The molecule has 1 aliphatic heterocycles. The number of likely N-dealkylation sites (tertiary alicyclic amines) is 1. The quantitative estimate of drug-likeness (QED) is 0.613. The molecule has 5 nitrogen and oxygen atoms in total. The van der Waals surface area contributed by atoms with Crippen molar-refractivity contribution < 1.29 is 9.66 Å². The predicted molar refractivity (Wildman–Crippen MR) is 73.3 cm³/mol. The highest BCUT2D eigenvalue weighted by atomic mass is 35.5. The normalized spacial score (nSPS) is 23.7. The summed E-state index contributed by atoms with van der Waals surface area (Å²) in [6.07, 6.45) is 0. The molecule has 1 aliphatic rings. The molecule has 0 amide bonds. The Bertz CT molecular complexity index is 438. The van der Waals surface area contributed by atoms with E-state index >= 15 is 0 Å². The molecule has 1 aromatic carbocycles. The maximum atomic E-state index is 11.2. The fraction of sp³-hybridized carbons (Fsp3) is 0.538. The van der Waals surface area contributed by atoms with Gasteiger partial charge in [-0.15, -0.1) is 0 Å². The molecule has 0 aliphatic carbocycles. The van der Waals surface area contributed by atoms with Gasteiger partial charge in [0.05, 0.1) is 19.1 Å². The molecule has 0 N–H and O–H groups in total. The lowest BCUT2D eigenvalue weighted by atomic mass is 9.95. The fourth-order valence-corrected chi connectivity index (χ4v) is 2.65. The number of hydrogen-bond donors (Lipinski definition) is 0. The highest BCUT2D eigenvalue weighted by molar-refractivity contribution is 6.30. The van der Waals surface area contributed by atoms with Crippen LogP contribution < -0.4 is 0 Å². The number of benzene rings is 1. The summed E-state index contributed by atoms with van der Waals surface area (Å²) in [5, 5.41) is 11.8. The van der Waals surface area contributed by atoms with Crippen LogP contribution in [0.4, 0.5) is 0 Å². The lowest BCUT2D eigenvalue weighted by Gasteiger charge is -2.14. The first-order chi connectivity index (χ1) is 9.11. The van der Waals surface area contributed by atoms with Gasteiger partial charge in [-0.05, 0) is 17.7 Å². The van der Waals surface area contributed by atoms with E-state index in [0.29, 0.717) is 24.7 Å². The molecule has 0 bridgehead atoms. The van der Waals surface area contributed by atoms with Crippen LogP contribution in [0.15, 0.2) is 24.3 Å². The van der Waals surface area contributed by atoms with E-state index < -0.39 is 6.04 Å². The van der Waals surface area contributed by atoms with Gasteiger partial charge in [0, 0.05) is 30.1 Å². The minimum Gasteiger partial charge on any atom is -0.383 e. The fourth-order valence-electron chi connectivity index (χ4n) is 2.52. The van der Waals surface area contributed by atoms with E-state index in [2.05, 4.69) is 4.90 Å². The summed E-state index contributed by atoms with van der Waals surface area (Å²) in [7, 11) is 1.64. The second-order valence-electron chi connectivity index (χ2n) is 4.76. The van der Waals surface area contributed by atoms with Gasteiger partial charge in [0.25, 0.3) is 0 Å². The number of nitrogens with zero attached hydrogens (tertiary/aromatic N) is 2. The van der Waals surface area contributed by atoms with Gasteiger partial charge in [-0.1, -0.05) is 23.7 Å². The summed E-state index contributed by atoms with van der Waals surface area (Å²) in [5.74, 6) is -0.0795. The van der Waals surface area contributed by atoms with Crippen LogP contribution in [0, 0.1) is 10.1 Å². The van der Waals surface area contributed by atoms with Crippen molar-refractivity contribution in [2.24, 2.45) is 0 Å². The van der Waals surface area contributed by atoms with Crippen LogP contribution in [0.1, 0.15) is 11.5 Å². The Morgan fingerprint density at radius 2 is 2.11 bits per heavy atom. The van der Waals surface area contributed by atoms with Crippen molar-refractivity contribution in [3.05, 3.63) is 45.0 Å². The predicted octanol–water partition coefficient (Wildman–Crippen LogP) is 2.03. The first-order valence-electron chi connectivity index (χ1n) is 6.22. The van der Waals surface area contributed by atoms with Crippen LogP contribution in [-0.2, 0) is 4.74 Å². The van der Waals surface area contributed by atoms with Crippen molar-refractivity contribution in [3.63, 3.8) is 0 Å². The van der Waals surface area contributed by atoms with E-state index in [4.69, 9.17) is 16.3 Å². The van der Waals surface area contributed by atoms with Crippen molar-refractivity contribution in [1.29, 1.82) is 0 Å². The molecule has 104 valence electrons. The summed E-state index contributed by atoms with van der Waals surface area (Å²) >= 11 is 5.85. The zero-order valence-electron chi connectivity index (χ0n) is 10.8. The summed E-state index contributed by atoms with van der Waals surface area (Å²) in [6, 6.07) is 6.77. The topological polar surface area (TPSA) is 55.6 Å². The highest BCUT2D eigenvalue weighted by Crippen LogP contribution is 2.30. The lowest BCUT2D eigenvalue weighted by Crippen LogP contribution is -2.29. The molecule has 19 heavy (non-hydrogen) atoms. The maximum Gasteiger partial charge on any atom is 0.233 e. The molecule has 1 saturated heterocycles. The van der Waals surface area contributed by atoms with E-state index in [-0.39, 0.29) is 10.8 Å². The average molecular weight is 285 g/mol. The van der Waals surface area contributed by atoms with Gasteiger partial charge in [-0.3, -0.25) is 15.0 Å². The Hall–Kier alpha value is -1.17. The molecule has 6 heteroatoms. The molecule has 1 heterocycles. The summed E-state index contributed by atoms with van der Waals surface area (Å²) in [6.45, 7) is 2.49. The number of ether oxygens (including phenoxy) is 1. The Balaban J connectivity index is 2.12. The number of methoxy groups -OCH3 is 1. The molecule has 0 radical (unpaired) electrons. The Morgan fingerprint density at radius 3 is 2.68 bits per heavy atom. The van der Waals surface area contributed by atoms with Gasteiger partial charge in [-0.25, -0.2) is 0 Å². The van der Waals surface area contributed by atoms with Crippen molar-refractivity contribution in [2.45, 2.75) is 12.0 Å². The molecule has 0 spiro atoms. The van der Waals surface area contributed by atoms with E-state index in [1.165, 1.54) is 0 Å². The largest absolute Gasteiger partial charge is 0.383 e. The van der Waals surface area contributed by atoms with Crippen molar-refractivity contribution >= 4 is 11.6 Å². The van der Waals surface area contributed by atoms with Crippen molar-refractivity contribution in [2.75, 3.05) is 33.4 Å². The molecule has 0 aromatic heterocycles. The van der Waals surface area contributed by atoms with Gasteiger partial charge in [0.2, 0.25) is 6.04 Å². The van der Waals surface area contributed by atoms with Gasteiger partial charge in [0.15, 0.2) is 0 Å². The minimum absolute atomic E-state index is 0.0795. The van der Waals surface area contributed by atoms with Crippen molar-refractivity contribution in [1.82, 2.24) is 4.90 Å². The van der Waals surface area contributed by atoms with Crippen molar-refractivity contribution in [3.8, 4) is 0 Å². The third-order valence-electron chi connectivity index (χ3n) is 3.55. The van der Waals surface area contributed by atoms with Gasteiger partial charge >= 0.3 is 0 Å². The monoisotopic (exact) mass is 284 g/mol. The number of hydrogen-bond acceptors (Lipinski definition) is 4. The van der Waals surface area contributed by atoms with E-state index in [1.54, 1.807) is 19.2 Å². The number of rotatable bonds is 5. The smallest absolute Gasteiger partial charge is 0.233 e. The van der Waals surface area contributed by atoms with Crippen LogP contribution in [-0.4, -0.2) is 49.2 Å². The van der Waals surface area contributed by atoms with Gasteiger partial charge in [0.1, 0.15) is 0 Å². The zero-order chi connectivity index (χ0) is 13.8. The molecular formula is C13H17ClN2O3. The van der Waals surface area contributed by atoms with Crippen LogP contribution >= 0.6 is 11.6 Å². The first kappa shape index (κ1) is 14.2. The van der Waals surface area contributed by atoms with Gasteiger partial charge in [-0.2, -0.15) is 0 Å². The summed E-state index contributed by atoms with van der Waals surface area (Å²) in [5.41, 5.74) is 0.978. The first-order valence-corrected chi connectivity index (χ1v) is 6.60. The van der Waals surface area contributed by atoms with E-state index in [1.807, 2.05) is 12.1 Å². The third kappa shape index (κ3) is 3.43. The Labute approximate surface area is 117 Å². The van der Waals surface area contributed by atoms with Crippen LogP contribution in [0.3, 0.4) is 0 Å². The summed E-state index contributed by atoms with van der Waals surface area (Å²) < 4.78 is 5.03. The maximum absolute atomic E-state index is 11.2. The van der Waals surface area contributed by atoms with E-state index in [0.717, 1.165) is 12.1 Å². The minimum atomic E-state index is -0.557. The lowest BCUT2D eigenvalue weighted by molar-refractivity contribution is -0.521. The third-order valence-corrected chi connectivity index (χ3v) is 3.80. The Kier molecular flexibility index (Phi) is 4.74. The highest BCUT2D eigenvalue weighted by Gasteiger charge is 2.41. The SMILES string of the molecule is COCCN1CC(c2ccc(Cl)cc2)C([N+](=O)[O-])C1. The second-order valence-corrected chi connectivity index (χ2v) is 5.20. The molecule has 2 rings (SSSR count). The van der Waals surface area contributed by atoms with Crippen LogP contribution in [0.25, 0.3) is 0 Å². The molecular weight excluding hydrogens is 268 g/mol. The number of nitro groups is 1. The Morgan fingerprint density at radius 1 is 1.42 bits per heavy atom. The second kappa shape index (κ2) is 6.32. The zero-order valence-corrected chi connectivity index (χ0v) is 11.5. The molecule has 2 atom stereocenters. The van der Waals surface area contributed by atoms with Gasteiger partial charge < -0.3 is 4.74 Å². The molecule has 1 aromatic rings. The summed E-state index contributed by atoms with van der Waals surface area (Å²) in [4.78, 5) is 13.1. The average Bonchev–Trinajstić information content (AvgIpc) is 2.81. The molecule has 1 fully saturated rings. The van der Waals surface area contributed by atoms with E-state index in [9.17, 15) is 10.1 Å². The van der Waals surface area contributed by atoms with Crippen LogP contribution in [0.5, 0.6) is 0 Å². The number of halogens is 1. The standard InChI is InChI=1S/C13H17ClN2O3/c1-19-7-6-15-8-12(13(9-15)16(17)18)10-2-4-11(14)5-3-10/h2-5,12-13H,6-9H2,1H3. The molecule has 0 saturated carbocycles.